The monoisotopic (exact) mass is 381 g/mol. The quantitative estimate of drug-likeness (QED) is 0.662. The summed E-state index contributed by atoms with van der Waals surface area (Å²) in [6.07, 6.45) is 1.74. The van der Waals surface area contributed by atoms with Crippen LogP contribution in [0.4, 0.5) is 5.69 Å². The van der Waals surface area contributed by atoms with Crippen LogP contribution in [0.1, 0.15) is 0 Å². The molecule has 6 heteroatoms. The van der Waals surface area contributed by atoms with Gasteiger partial charge in [-0.15, -0.1) is 0 Å². The third-order valence-corrected chi connectivity index (χ3v) is 4.03. The van der Waals surface area contributed by atoms with E-state index in [1.165, 1.54) is 0 Å². The van der Waals surface area contributed by atoms with Crippen LogP contribution < -0.4 is 5.73 Å². The van der Waals surface area contributed by atoms with Gasteiger partial charge in [0.2, 0.25) is 0 Å². The Morgan fingerprint density at radius 2 is 1.90 bits per heavy atom. The van der Waals surface area contributed by atoms with Crippen molar-refractivity contribution in [2.75, 3.05) is 5.73 Å². The van der Waals surface area contributed by atoms with Gasteiger partial charge in [0.15, 0.2) is 0 Å². The van der Waals surface area contributed by atoms with Crippen molar-refractivity contribution < 1.29 is 0 Å². The van der Waals surface area contributed by atoms with E-state index in [2.05, 4.69) is 21.0 Å². The zero-order chi connectivity index (χ0) is 15.0. The second-order valence-electron chi connectivity index (χ2n) is 4.48. The normalized spacial score (nSPS) is 10.8. The Hall–Kier alpha value is -1.49. The average molecular weight is 383 g/mol. The molecule has 0 fully saturated rings. The average Bonchev–Trinajstić information content (AvgIpc) is 2.80. The number of hydrogen-bond acceptors (Lipinski definition) is 2. The first kappa shape index (κ1) is 14.4. The summed E-state index contributed by atoms with van der Waals surface area (Å²) in [5.74, 6) is 0. The van der Waals surface area contributed by atoms with Gasteiger partial charge in [-0.05, 0) is 30.3 Å². The molecule has 0 saturated heterocycles. The van der Waals surface area contributed by atoms with E-state index in [0.717, 1.165) is 15.7 Å². The zero-order valence-corrected chi connectivity index (χ0v) is 13.8. The molecule has 0 saturated carbocycles. The molecule has 106 valence electrons. The molecule has 3 rings (SSSR count). The molecule has 0 amide bonds. The van der Waals surface area contributed by atoms with Crippen LogP contribution in [-0.2, 0) is 0 Å². The van der Waals surface area contributed by atoms with E-state index in [1.54, 1.807) is 23.0 Å². The van der Waals surface area contributed by atoms with Crippen molar-refractivity contribution in [2.45, 2.75) is 0 Å². The molecule has 3 aromatic rings. The van der Waals surface area contributed by atoms with Crippen molar-refractivity contribution in [3.63, 3.8) is 0 Å². The molecule has 0 aliphatic carbocycles. The van der Waals surface area contributed by atoms with Crippen LogP contribution in [-0.4, -0.2) is 9.78 Å². The summed E-state index contributed by atoms with van der Waals surface area (Å²) in [4.78, 5) is 0. The molecule has 2 aromatic carbocycles. The molecule has 21 heavy (non-hydrogen) atoms. The summed E-state index contributed by atoms with van der Waals surface area (Å²) in [6, 6.07) is 13.1. The van der Waals surface area contributed by atoms with Crippen LogP contribution in [0.25, 0.3) is 16.9 Å². The number of aromatic nitrogens is 2. The zero-order valence-electron chi connectivity index (χ0n) is 10.7. The Labute approximate surface area is 140 Å². The number of nitrogens with zero attached hydrogens (tertiary/aromatic N) is 2. The van der Waals surface area contributed by atoms with Gasteiger partial charge in [0, 0.05) is 15.1 Å². The fraction of sp³-hybridized carbons (Fsp3) is 0. The lowest BCUT2D eigenvalue weighted by atomic mass is 10.1. The summed E-state index contributed by atoms with van der Waals surface area (Å²) >= 11 is 15.6. The van der Waals surface area contributed by atoms with E-state index in [-0.39, 0.29) is 0 Å². The van der Waals surface area contributed by atoms with Crippen LogP contribution >= 0.6 is 39.1 Å². The Morgan fingerprint density at radius 3 is 2.62 bits per heavy atom. The fourth-order valence-corrected chi connectivity index (χ4v) is 2.93. The maximum atomic E-state index is 6.20. The standard InChI is InChI=1S/C15H10BrCl2N3/c16-10-3-1-2-9(6-10)15-13(19)8-21(20-15)14-5-4-11(17)7-12(14)18/h1-8H,19H2. The number of halogens is 3. The lowest BCUT2D eigenvalue weighted by Crippen LogP contribution is -1.95. The predicted octanol–water partition coefficient (Wildman–Crippen LogP) is 5.19. The van der Waals surface area contributed by atoms with E-state index < -0.39 is 0 Å². The smallest absolute Gasteiger partial charge is 0.116 e. The van der Waals surface area contributed by atoms with Crippen LogP contribution in [0, 0.1) is 0 Å². The van der Waals surface area contributed by atoms with Gasteiger partial charge in [0.05, 0.1) is 22.6 Å². The minimum absolute atomic E-state index is 0.519. The molecular weight excluding hydrogens is 373 g/mol. The van der Waals surface area contributed by atoms with Gasteiger partial charge in [-0.2, -0.15) is 5.10 Å². The maximum Gasteiger partial charge on any atom is 0.116 e. The van der Waals surface area contributed by atoms with E-state index in [0.29, 0.717) is 21.4 Å². The Balaban J connectivity index is 2.09. The first-order valence-corrected chi connectivity index (χ1v) is 7.66. The molecule has 0 atom stereocenters. The van der Waals surface area contributed by atoms with Gasteiger partial charge in [-0.1, -0.05) is 51.3 Å². The first-order chi connectivity index (χ1) is 10.0. The van der Waals surface area contributed by atoms with Crippen molar-refractivity contribution in [1.29, 1.82) is 0 Å². The van der Waals surface area contributed by atoms with Crippen LogP contribution in [0.2, 0.25) is 10.0 Å². The first-order valence-electron chi connectivity index (χ1n) is 6.11. The minimum Gasteiger partial charge on any atom is -0.396 e. The van der Waals surface area contributed by atoms with Crippen molar-refractivity contribution in [2.24, 2.45) is 0 Å². The minimum atomic E-state index is 0.519. The van der Waals surface area contributed by atoms with Crippen molar-refractivity contribution in [3.8, 4) is 16.9 Å². The Kier molecular flexibility index (Phi) is 3.93. The molecule has 2 N–H and O–H groups in total. The summed E-state index contributed by atoms with van der Waals surface area (Å²) in [6.45, 7) is 0. The molecule has 0 bridgehead atoms. The highest BCUT2D eigenvalue weighted by Crippen LogP contribution is 2.30. The van der Waals surface area contributed by atoms with Crippen LogP contribution in [0.3, 0.4) is 0 Å². The Morgan fingerprint density at radius 1 is 1.10 bits per heavy atom. The molecule has 0 unspecified atom stereocenters. The number of nitrogens with two attached hydrogens (primary N) is 1. The number of benzene rings is 2. The molecular formula is C15H10BrCl2N3. The summed E-state index contributed by atoms with van der Waals surface area (Å²) in [5.41, 5.74) is 9.03. The topological polar surface area (TPSA) is 43.8 Å². The Bertz CT molecular complexity index is 814. The van der Waals surface area contributed by atoms with Gasteiger partial charge < -0.3 is 5.73 Å². The van der Waals surface area contributed by atoms with Crippen molar-refractivity contribution in [3.05, 3.63) is 63.2 Å². The fourth-order valence-electron chi connectivity index (χ4n) is 2.04. The second-order valence-corrected chi connectivity index (χ2v) is 6.24. The lowest BCUT2D eigenvalue weighted by Gasteiger charge is -2.04. The van der Waals surface area contributed by atoms with Gasteiger partial charge >= 0.3 is 0 Å². The molecule has 3 nitrogen and oxygen atoms in total. The predicted molar refractivity (Wildman–Crippen MR) is 91.1 cm³/mol. The number of hydrogen-bond donors (Lipinski definition) is 1. The van der Waals surface area contributed by atoms with Crippen LogP contribution in [0.5, 0.6) is 0 Å². The lowest BCUT2D eigenvalue weighted by molar-refractivity contribution is 0.885. The van der Waals surface area contributed by atoms with Gasteiger partial charge in [0.1, 0.15) is 5.69 Å². The van der Waals surface area contributed by atoms with Crippen molar-refractivity contribution >= 4 is 44.8 Å². The molecule has 0 aliphatic heterocycles. The van der Waals surface area contributed by atoms with Gasteiger partial charge in [-0.3, -0.25) is 0 Å². The highest BCUT2D eigenvalue weighted by Gasteiger charge is 2.12. The van der Waals surface area contributed by atoms with E-state index in [1.807, 2.05) is 30.3 Å². The molecule has 1 heterocycles. The van der Waals surface area contributed by atoms with Crippen molar-refractivity contribution in [1.82, 2.24) is 9.78 Å². The second kappa shape index (κ2) is 5.72. The summed E-state index contributed by atoms with van der Waals surface area (Å²) < 4.78 is 2.63. The third kappa shape index (κ3) is 2.93. The van der Waals surface area contributed by atoms with E-state index in [4.69, 9.17) is 28.9 Å². The van der Waals surface area contributed by atoms with Crippen LogP contribution in [0.15, 0.2) is 53.1 Å². The third-order valence-electron chi connectivity index (χ3n) is 3.00. The van der Waals surface area contributed by atoms with Gasteiger partial charge in [0.25, 0.3) is 0 Å². The molecule has 0 aliphatic rings. The largest absolute Gasteiger partial charge is 0.396 e. The number of rotatable bonds is 2. The van der Waals surface area contributed by atoms with E-state index in [9.17, 15) is 0 Å². The highest BCUT2D eigenvalue weighted by molar-refractivity contribution is 9.10. The van der Waals surface area contributed by atoms with Gasteiger partial charge in [-0.25, -0.2) is 4.68 Å². The SMILES string of the molecule is Nc1cn(-c2ccc(Cl)cc2Cl)nc1-c1cccc(Br)c1. The maximum absolute atomic E-state index is 6.20. The highest BCUT2D eigenvalue weighted by atomic mass is 79.9. The molecule has 1 aromatic heterocycles. The number of anilines is 1. The molecule has 0 spiro atoms. The molecule has 0 radical (unpaired) electrons. The number of nitrogen functional groups attached to an aromatic ring is 1. The summed E-state index contributed by atoms with van der Waals surface area (Å²) in [5, 5.41) is 5.62. The summed E-state index contributed by atoms with van der Waals surface area (Å²) in [7, 11) is 0. The van der Waals surface area contributed by atoms with E-state index >= 15 is 0 Å².